The van der Waals surface area contributed by atoms with Crippen LogP contribution in [0.25, 0.3) is 10.9 Å². The van der Waals surface area contributed by atoms with Crippen LogP contribution in [0.3, 0.4) is 0 Å². The number of hydrogen-bond donors (Lipinski definition) is 2. The van der Waals surface area contributed by atoms with Crippen LogP contribution in [-0.2, 0) is 0 Å². The number of ether oxygens (including phenoxy) is 1. The molecule has 2 N–H and O–H groups in total. The summed E-state index contributed by atoms with van der Waals surface area (Å²) in [5.74, 6) is 0.964. The van der Waals surface area contributed by atoms with Crippen molar-refractivity contribution >= 4 is 16.8 Å². The second kappa shape index (κ2) is 3.18. The molecule has 0 spiro atoms. The molecule has 2 aromatic rings. The number of aromatic amines is 1. The summed E-state index contributed by atoms with van der Waals surface area (Å²) in [5, 5.41) is 8.33. The molecule has 0 aliphatic rings. The molecule has 1 heterocycles. The zero-order valence-electron chi connectivity index (χ0n) is 8.22. The molecule has 1 aromatic heterocycles. The second-order valence-corrected chi connectivity index (χ2v) is 3.28. The van der Waals surface area contributed by atoms with Gasteiger partial charge in [-0.3, -0.25) is 5.41 Å². The van der Waals surface area contributed by atoms with E-state index in [1.54, 1.807) is 6.92 Å². The van der Waals surface area contributed by atoms with Crippen LogP contribution < -0.4 is 4.74 Å². The Balaban J connectivity index is 2.62. The van der Waals surface area contributed by atoms with Crippen LogP contribution in [0.15, 0.2) is 24.3 Å². The molecule has 3 nitrogen and oxygen atoms in total. The lowest BCUT2D eigenvalue weighted by Gasteiger charge is -2.01. The molecule has 0 amide bonds. The van der Waals surface area contributed by atoms with E-state index in [9.17, 15) is 0 Å². The van der Waals surface area contributed by atoms with Crippen LogP contribution in [0.1, 0.15) is 12.6 Å². The van der Waals surface area contributed by atoms with Gasteiger partial charge in [-0.25, -0.2) is 0 Å². The van der Waals surface area contributed by atoms with Crippen LogP contribution in [0.4, 0.5) is 0 Å². The fraction of sp³-hybridized carbons (Fsp3) is 0.182. The highest BCUT2D eigenvalue weighted by atomic mass is 16.5. The molecule has 0 unspecified atom stereocenters. The first-order valence-electron chi connectivity index (χ1n) is 4.49. The minimum Gasteiger partial charge on any atom is -0.441 e. The smallest absolute Gasteiger partial charge is 0.184 e. The Labute approximate surface area is 82.2 Å². The molecule has 0 aliphatic heterocycles. The van der Waals surface area contributed by atoms with E-state index in [1.165, 1.54) is 0 Å². The van der Waals surface area contributed by atoms with Crippen molar-refractivity contribution in [1.29, 1.82) is 5.41 Å². The minimum absolute atomic E-state index is 0.206. The lowest BCUT2D eigenvalue weighted by atomic mass is 10.2. The third-order valence-corrected chi connectivity index (χ3v) is 2.09. The Bertz CT molecular complexity index is 485. The first-order chi connectivity index (χ1) is 6.68. The molecule has 3 heteroatoms. The summed E-state index contributed by atoms with van der Waals surface area (Å²) < 4.78 is 5.35. The fourth-order valence-electron chi connectivity index (χ4n) is 1.54. The average molecular weight is 188 g/mol. The van der Waals surface area contributed by atoms with Crippen LogP contribution in [0, 0.1) is 12.3 Å². The number of aryl methyl sites for hydroxylation is 1. The Morgan fingerprint density at radius 1 is 1.36 bits per heavy atom. The summed E-state index contributed by atoms with van der Waals surface area (Å²) in [7, 11) is 0. The number of H-pyrrole nitrogens is 1. The number of para-hydroxylation sites is 1. The summed E-state index contributed by atoms with van der Waals surface area (Å²) in [6.45, 7) is 3.57. The van der Waals surface area contributed by atoms with Gasteiger partial charge in [0.15, 0.2) is 11.6 Å². The summed E-state index contributed by atoms with van der Waals surface area (Å²) >= 11 is 0. The van der Waals surface area contributed by atoms with Crippen molar-refractivity contribution in [3.63, 3.8) is 0 Å². The highest BCUT2D eigenvalue weighted by molar-refractivity contribution is 5.90. The van der Waals surface area contributed by atoms with E-state index in [-0.39, 0.29) is 5.90 Å². The first-order valence-corrected chi connectivity index (χ1v) is 4.49. The predicted octanol–water partition coefficient (Wildman–Crippen LogP) is 2.85. The SMILES string of the molecule is CC(=N)Oc1c(C)[nH]c2ccccc12. The standard InChI is InChI=1S/C11H12N2O/c1-7-11(14-8(2)12)9-5-3-4-6-10(9)13-7/h3-6,12-13H,1-2H3. The van der Waals surface area contributed by atoms with Gasteiger partial charge in [0.1, 0.15) is 0 Å². The molecule has 0 saturated carbocycles. The van der Waals surface area contributed by atoms with Crippen molar-refractivity contribution in [3.8, 4) is 5.75 Å². The first kappa shape index (κ1) is 8.81. The van der Waals surface area contributed by atoms with E-state index < -0.39 is 0 Å². The number of fused-ring (bicyclic) bond motifs is 1. The molecule has 0 fully saturated rings. The lowest BCUT2D eigenvalue weighted by Crippen LogP contribution is -2.00. The molecular formula is C11H12N2O. The number of aromatic nitrogens is 1. The molecule has 72 valence electrons. The van der Waals surface area contributed by atoms with Gasteiger partial charge in [-0.2, -0.15) is 0 Å². The van der Waals surface area contributed by atoms with Crippen molar-refractivity contribution in [2.24, 2.45) is 0 Å². The average Bonchev–Trinajstić information content (AvgIpc) is 2.43. The molecule has 0 bridgehead atoms. The number of hydrogen-bond acceptors (Lipinski definition) is 2. The topological polar surface area (TPSA) is 48.9 Å². The van der Waals surface area contributed by atoms with Gasteiger partial charge < -0.3 is 9.72 Å². The molecule has 0 radical (unpaired) electrons. The van der Waals surface area contributed by atoms with E-state index in [2.05, 4.69) is 4.98 Å². The van der Waals surface area contributed by atoms with Gasteiger partial charge in [0, 0.05) is 17.8 Å². The summed E-state index contributed by atoms with van der Waals surface area (Å²) in [4.78, 5) is 3.21. The van der Waals surface area contributed by atoms with Gasteiger partial charge in [0.05, 0.1) is 5.69 Å². The van der Waals surface area contributed by atoms with Crippen molar-refractivity contribution in [2.75, 3.05) is 0 Å². The van der Waals surface area contributed by atoms with Crippen LogP contribution >= 0.6 is 0 Å². The molecular weight excluding hydrogens is 176 g/mol. The number of nitrogens with one attached hydrogen (secondary N) is 2. The molecule has 0 atom stereocenters. The maximum atomic E-state index is 7.31. The summed E-state index contributed by atoms with van der Waals surface area (Å²) in [6.07, 6.45) is 0. The van der Waals surface area contributed by atoms with E-state index >= 15 is 0 Å². The maximum absolute atomic E-state index is 7.31. The van der Waals surface area contributed by atoms with Crippen LogP contribution in [0.5, 0.6) is 5.75 Å². The van der Waals surface area contributed by atoms with Crippen LogP contribution in [0.2, 0.25) is 0 Å². The lowest BCUT2D eigenvalue weighted by molar-refractivity contribution is 0.543. The third-order valence-electron chi connectivity index (χ3n) is 2.09. The van der Waals surface area contributed by atoms with E-state index in [0.717, 1.165) is 22.3 Å². The fourth-order valence-corrected chi connectivity index (χ4v) is 1.54. The highest BCUT2D eigenvalue weighted by Gasteiger charge is 2.09. The third kappa shape index (κ3) is 1.37. The van der Waals surface area contributed by atoms with Gasteiger partial charge in [-0.05, 0) is 19.1 Å². The molecule has 0 saturated heterocycles. The molecule has 2 rings (SSSR count). The minimum atomic E-state index is 0.206. The largest absolute Gasteiger partial charge is 0.441 e. The van der Waals surface area contributed by atoms with Crippen molar-refractivity contribution in [2.45, 2.75) is 13.8 Å². The van der Waals surface area contributed by atoms with Gasteiger partial charge in [-0.1, -0.05) is 12.1 Å². The number of benzene rings is 1. The Kier molecular flexibility index (Phi) is 2.00. The Morgan fingerprint density at radius 2 is 2.07 bits per heavy atom. The molecule has 0 aliphatic carbocycles. The second-order valence-electron chi connectivity index (χ2n) is 3.28. The highest BCUT2D eigenvalue weighted by Crippen LogP contribution is 2.29. The predicted molar refractivity (Wildman–Crippen MR) is 57.1 cm³/mol. The number of rotatable bonds is 1. The van der Waals surface area contributed by atoms with Gasteiger partial charge in [-0.15, -0.1) is 0 Å². The van der Waals surface area contributed by atoms with Crippen molar-refractivity contribution < 1.29 is 4.74 Å². The zero-order valence-corrected chi connectivity index (χ0v) is 8.22. The monoisotopic (exact) mass is 188 g/mol. The normalized spacial score (nSPS) is 10.4. The summed E-state index contributed by atoms with van der Waals surface area (Å²) in [5.41, 5.74) is 2.00. The van der Waals surface area contributed by atoms with E-state index in [0.29, 0.717) is 0 Å². The maximum Gasteiger partial charge on any atom is 0.184 e. The van der Waals surface area contributed by atoms with Gasteiger partial charge >= 0.3 is 0 Å². The van der Waals surface area contributed by atoms with Gasteiger partial charge in [0.2, 0.25) is 0 Å². The van der Waals surface area contributed by atoms with Crippen LogP contribution in [-0.4, -0.2) is 10.9 Å². The Hall–Kier alpha value is -1.77. The van der Waals surface area contributed by atoms with E-state index in [4.69, 9.17) is 10.1 Å². The molecule has 14 heavy (non-hydrogen) atoms. The van der Waals surface area contributed by atoms with E-state index in [1.807, 2.05) is 31.2 Å². The van der Waals surface area contributed by atoms with Crippen molar-refractivity contribution in [1.82, 2.24) is 4.98 Å². The van der Waals surface area contributed by atoms with Gasteiger partial charge in [0.25, 0.3) is 0 Å². The quantitative estimate of drug-likeness (QED) is 0.524. The zero-order chi connectivity index (χ0) is 10.1. The molecule has 1 aromatic carbocycles. The summed E-state index contributed by atoms with van der Waals surface area (Å²) in [6, 6.07) is 7.91. The Morgan fingerprint density at radius 3 is 2.79 bits per heavy atom. The van der Waals surface area contributed by atoms with Crippen molar-refractivity contribution in [3.05, 3.63) is 30.0 Å².